The summed E-state index contributed by atoms with van der Waals surface area (Å²) in [6, 6.07) is 5.90. The number of carbonyl (C=O) groups is 1. The van der Waals surface area contributed by atoms with Gasteiger partial charge in [0.25, 0.3) is 0 Å². The highest BCUT2D eigenvalue weighted by atomic mass is 16.5. The van der Waals surface area contributed by atoms with Gasteiger partial charge in [-0.2, -0.15) is 0 Å². The van der Waals surface area contributed by atoms with Gasteiger partial charge in [0.05, 0.1) is 26.7 Å². The Bertz CT molecular complexity index is 625. The van der Waals surface area contributed by atoms with Crippen molar-refractivity contribution >= 4 is 11.9 Å². The standard InChI is InChI=1S/C19H29N3O4/c1-5-26-16-7-6-14(12-17(16)24-3)13-21-19(20-2)22-10-8-15(9-11-22)18(23)25-4/h6-7,12,15H,5,8-11,13H2,1-4H3,(H,20,21). The molecule has 0 radical (unpaired) electrons. The minimum Gasteiger partial charge on any atom is -0.493 e. The number of methoxy groups -OCH3 is 2. The third kappa shape index (κ3) is 5.03. The number of rotatable bonds is 6. The van der Waals surface area contributed by atoms with Crippen LogP contribution in [0.4, 0.5) is 0 Å². The maximum Gasteiger partial charge on any atom is 0.308 e. The molecule has 1 aromatic rings. The molecule has 0 unspecified atom stereocenters. The maximum atomic E-state index is 11.6. The van der Waals surface area contributed by atoms with E-state index in [1.807, 2.05) is 25.1 Å². The fraction of sp³-hybridized carbons (Fsp3) is 0.579. The first-order chi connectivity index (χ1) is 12.6. The molecule has 1 aliphatic heterocycles. The van der Waals surface area contributed by atoms with Crippen LogP contribution in [0.3, 0.4) is 0 Å². The lowest BCUT2D eigenvalue weighted by Crippen LogP contribution is -2.46. The van der Waals surface area contributed by atoms with Crippen LogP contribution in [0.15, 0.2) is 23.2 Å². The number of ether oxygens (including phenoxy) is 3. The van der Waals surface area contributed by atoms with Crippen molar-refractivity contribution in [2.24, 2.45) is 10.9 Å². The van der Waals surface area contributed by atoms with Crippen LogP contribution in [0.2, 0.25) is 0 Å². The molecule has 1 aromatic carbocycles. The second kappa shape index (κ2) is 9.89. The van der Waals surface area contributed by atoms with E-state index in [0.717, 1.165) is 49.0 Å². The van der Waals surface area contributed by atoms with Gasteiger partial charge in [-0.25, -0.2) is 0 Å². The molecule has 1 saturated heterocycles. The normalized spacial score (nSPS) is 15.5. The molecule has 0 aliphatic carbocycles. The van der Waals surface area contributed by atoms with E-state index < -0.39 is 0 Å². The number of esters is 1. The van der Waals surface area contributed by atoms with Crippen molar-refractivity contribution in [3.05, 3.63) is 23.8 Å². The van der Waals surface area contributed by atoms with Crippen LogP contribution in [0.1, 0.15) is 25.3 Å². The van der Waals surface area contributed by atoms with Crippen molar-refractivity contribution in [1.82, 2.24) is 10.2 Å². The third-order valence-electron chi connectivity index (χ3n) is 4.52. The molecule has 2 rings (SSSR count). The number of nitrogens with one attached hydrogen (secondary N) is 1. The average Bonchev–Trinajstić information content (AvgIpc) is 2.69. The number of piperidine rings is 1. The van der Waals surface area contributed by atoms with E-state index in [9.17, 15) is 4.79 Å². The first-order valence-corrected chi connectivity index (χ1v) is 8.96. The SMILES string of the molecule is CCOc1ccc(CNC(=NC)N2CCC(C(=O)OC)CC2)cc1OC. The Balaban J connectivity index is 1.92. The first-order valence-electron chi connectivity index (χ1n) is 8.96. The monoisotopic (exact) mass is 363 g/mol. The summed E-state index contributed by atoms with van der Waals surface area (Å²) in [4.78, 5) is 18.2. The zero-order valence-electron chi connectivity index (χ0n) is 16.1. The van der Waals surface area contributed by atoms with E-state index in [1.54, 1.807) is 14.2 Å². The molecule has 0 bridgehead atoms. The summed E-state index contributed by atoms with van der Waals surface area (Å²) in [5.74, 6) is 2.17. The van der Waals surface area contributed by atoms with Gasteiger partial charge in [-0.1, -0.05) is 6.07 Å². The molecule has 0 atom stereocenters. The molecule has 0 saturated carbocycles. The van der Waals surface area contributed by atoms with E-state index in [0.29, 0.717) is 13.2 Å². The van der Waals surface area contributed by atoms with Gasteiger partial charge in [0.15, 0.2) is 17.5 Å². The number of nitrogens with zero attached hydrogens (tertiary/aromatic N) is 2. The summed E-state index contributed by atoms with van der Waals surface area (Å²) >= 11 is 0. The molecule has 144 valence electrons. The number of hydrogen-bond donors (Lipinski definition) is 1. The zero-order valence-corrected chi connectivity index (χ0v) is 16.1. The van der Waals surface area contributed by atoms with E-state index in [-0.39, 0.29) is 11.9 Å². The summed E-state index contributed by atoms with van der Waals surface area (Å²) in [5, 5.41) is 3.38. The predicted molar refractivity (Wildman–Crippen MR) is 101 cm³/mol. The number of guanidine groups is 1. The van der Waals surface area contributed by atoms with Crippen molar-refractivity contribution in [3.8, 4) is 11.5 Å². The Hall–Kier alpha value is -2.44. The van der Waals surface area contributed by atoms with E-state index >= 15 is 0 Å². The van der Waals surface area contributed by atoms with Gasteiger partial charge in [0.1, 0.15) is 0 Å². The minimum absolute atomic E-state index is 0.00951. The molecule has 1 N–H and O–H groups in total. The number of hydrogen-bond acceptors (Lipinski definition) is 5. The summed E-state index contributed by atoms with van der Waals surface area (Å²) in [7, 11) is 4.85. The fourth-order valence-electron chi connectivity index (χ4n) is 3.10. The van der Waals surface area contributed by atoms with Crippen LogP contribution in [-0.4, -0.2) is 57.8 Å². The van der Waals surface area contributed by atoms with Crippen molar-refractivity contribution < 1.29 is 19.0 Å². The number of benzene rings is 1. The van der Waals surface area contributed by atoms with Crippen molar-refractivity contribution in [2.45, 2.75) is 26.3 Å². The molecule has 7 heteroatoms. The Morgan fingerprint density at radius 1 is 1.27 bits per heavy atom. The maximum absolute atomic E-state index is 11.6. The highest BCUT2D eigenvalue weighted by Crippen LogP contribution is 2.28. The lowest BCUT2D eigenvalue weighted by atomic mass is 9.97. The van der Waals surface area contributed by atoms with E-state index in [1.165, 1.54) is 7.11 Å². The van der Waals surface area contributed by atoms with Crippen LogP contribution in [0.25, 0.3) is 0 Å². The smallest absolute Gasteiger partial charge is 0.308 e. The number of aliphatic imine (C=N–C) groups is 1. The molecule has 0 amide bonds. The lowest BCUT2D eigenvalue weighted by Gasteiger charge is -2.33. The average molecular weight is 363 g/mol. The van der Waals surface area contributed by atoms with Crippen LogP contribution in [0.5, 0.6) is 11.5 Å². The van der Waals surface area contributed by atoms with Crippen molar-refractivity contribution in [2.75, 3.05) is 41.0 Å². The summed E-state index contributed by atoms with van der Waals surface area (Å²) < 4.78 is 15.8. The van der Waals surface area contributed by atoms with Crippen LogP contribution in [0, 0.1) is 5.92 Å². The highest BCUT2D eigenvalue weighted by Gasteiger charge is 2.26. The third-order valence-corrected chi connectivity index (χ3v) is 4.52. The van der Waals surface area contributed by atoms with E-state index in [2.05, 4.69) is 15.2 Å². The lowest BCUT2D eigenvalue weighted by molar-refractivity contribution is -0.146. The highest BCUT2D eigenvalue weighted by molar-refractivity contribution is 5.80. The topological polar surface area (TPSA) is 72.4 Å². The van der Waals surface area contributed by atoms with Crippen molar-refractivity contribution in [1.29, 1.82) is 0 Å². The minimum atomic E-state index is -0.117. The molecule has 1 aliphatic rings. The molecule has 1 heterocycles. The van der Waals surface area contributed by atoms with Crippen LogP contribution >= 0.6 is 0 Å². The Labute approximate surface area is 155 Å². The summed E-state index contributed by atoms with van der Waals surface area (Å²) in [6.45, 7) is 4.74. The Morgan fingerprint density at radius 2 is 2.00 bits per heavy atom. The van der Waals surface area contributed by atoms with Gasteiger partial charge in [0, 0.05) is 26.7 Å². The van der Waals surface area contributed by atoms with Crippen LogP contribution < -0.4 is 14.8 Å². The number of likely N-dealkylation sites (tertiary alicyclic amines) is 1. The van der Waals surface area contributed by atoms with Gasteiger partial charge < -0.3 is 24.4 Å². The quantitative estimate of drug-likeness (QED) is 0.474. The summed E-state index contributed by atoms with van der Waals surface area (Å²) in [5.41, 5.74) is 1.08. The predicted octanol–water partition coefficient (Wildman–Crippen LogP) is 2.05. The van der Waals surface area contributed by atoms with Gasteiger partial charge in [-0.15, -0.1) is 0 Å². The molecular weight excluding hydrogens is 334 g/mol. The van der Waals surface area contributed by atoms with Gasteiger partial charge >= 0.3 is 5.97 Å². The van der Waals surface area contributed by atoms with Crippen LogP contribution in [-0.2, 0) is 16.1 Å². The molecule has 7 nitrogen and oxygen atoms in total. The first kappa shape index (κ1) is 19.9. The molecule has 0 aromatic heterocycles. The van der Waals surface area contributed by atoms with Crippen molar-refractivity contribution in [3.63, 3.8) is 0 Å². The molecule has 0 spiro atoms. The van der Waals surface area contributed by atoms with E-state index in [4.69, 9.17) is 14.2 Å². The Morgan fingerprint density at radius 3 is 2.58 bits per heavy atom. The summed E-state index contributed by atoms with van der Waals surface area (Å²) in [6.07, 6.45) is 1.56. The number of carbonyl (C=O) groups excluding carboxylic acids is 1. The fourth-order valence-corrected chi connectivity index (χ4v) is 3.10. The molecule has 1 fully saturated rings. The second-order valence-corrected chi connectivity index (χ2v) is 6.10. The second-order valence-electron chi connectivity index (χ2n) is 6.10. The molecular formula is C19H29N3O4. The van der Waals surface area contributed by atoms with Gasteiger partial charge in [-0.3, -0.25) is 9.79 Å². The largest absolute Gasteiger partial charge is 0.493 e. The van der Waals surface area contributed by atoms with Gasteiger partial charge in [-0.05, 0) is 37.5 Å². The molecule has 26 heavy (non-hydrogen) atoms. The Kier molecular flexibility index (Phi) is 7.56. The van der Waals surface area contributed by atoms with Gasteiger partial charge in [0.2, 0.25) is 0 Å². The zero-order chi connectivity index (χ0) is 18.9.